The number of unbranched alkanes of at least 4 members (excludes halogenated alkanes) is 3. The van der Waals surface area contributed by atoms with E-state index in [0.717, 1.165) is 18.0 Å². The van der Waals surface area contributed by atoms with E-state index in [1.54, 1.807) is 0 Å². The molecular formula is C17H33N2S2. The molecule has 21 heavy (non-hydrogen) atoms. The molecule has 0 aliphatic heterocycles. The van der Waals surface area contributed by atoms with Gasteiger partial charge in [-0.15, -0.1) is 0 Å². The minimum absolute atomic E-state index is 0.0473. The molecular weight excluding hydrogens is 296 g/mol. The maximum absolute atomic E-state index is 5.77. The molecule has 2 nitrogen and oxygen atoms in total. The molecule has 1 unspecified atom stereocenters. The van der Waals surface area contributed by atoms with Gasteiger partial charge in [0.15, 0.2) is 0 Å². The van der Waals surface area contributed by atoms with Gasteiger partial charge in [0.05, 0.1) is 6.04 Å². The molecule has 0 aromatic carbocycles. The summed E-state index contributed by atoms with van der Waals surface area (Å²) in [5, 5.41) is 0. The fourth-order valence-corrected chi connectivity index (χ4v) is 3.09. The number of nitrogens with zero attached hydrogens (tertiary/aromatic N) is 2. The number of hydrogen-bond acceptors (Lipinski definition) is 2. The summed E-state index contributed by atoms with van der Waals surface area (Å²) in [4.78, 5) is 5.37. The average Bonchev–Trinajstić information content (AvgIpc) is 2.41. The van der Waals surface area contributed by atoms with Gasteiger partial charge >= 0.3 is 0 Å². The molecule has 0 N–H and O–H groups in total. The molecule has 1 atom stereocenters. The first-order valence-corrected chi connectivity index (χ1v) is 9.03. The van der Waals surface area contributed by atoms with Crippen LogP contribution in [0.15, 0.2) is 0 Å². The summed E-state index contributed by atoms with van der Waals surface area (Å²) >= 11 is 10.9. The Kier molecular flexibility index (Phi) is 10.4. The molecule has 0 heterocycles. The van der Waals surface area contributed by atoms with Gasteiger partial charge in [-0.3, -0.25) is 0 Å². The van der Waals surface area contributed by atoms with Crippen molar-refractivity contribution in [2.75, 3.05) is 13.6 Å². The molecule has 123 valence electrons. The van der Waals surface area contributed by atoms with Crippen LogP contribution in [-0.2, 0) is 0 Å². The fraction of sp³-hybridized carbons (Fsp3) is 0.882. The Labute approximate surface area is 143 Å². The smallest absolute Gasteiger partial charge is 0.137 e. The third-order valence-corrected chi connectivity index (χ3v) is 4.50. The second kappa shape index (κ2) is 10.5. The van der Waals surface area contributed by atoms with Crippen LogP contribution in [0.2, 0.25) is 0 Å². The van der Waals surface area contributed by atoms with Crippen molar-refractivity contribution in [1.82, 2.24) is 9.80 Å². The molecule has 0 spiro atoms. The van der Waals surface area contributed by atoms with Gasteiger partial charge in [0.2, 0.25) is 0 Å². The molecule has 0 aliphatic carbocycles. The summed E-state index contributed by atoms with van der Waals surface area (Å²) < 4.78 is 0. The lowest BCUT2D eigenvalue weighted by molar-refractivity contribution is 0.205. The lowest BCUT2D eigenvalue weighted by atomic mass is 9.99. The van der Waals surface area contributed by atoms with E-state index in [9.17, 15) is 0 Å². The van der Waals surface area contributed by atoms with E-state index in [0.29, 0.717) is 0 Å². The monoisotopic (exact) mass is 329 g/mol. The van der Waals surface area contributed by atoms with E-state index in [1.807, 2.05) is 0 Å². The lowest BCUT2D eigenvalue weighted by Crippen LogP contribution is -2.53. The highest BCUT2D eigenvalue weighted by atomic mass is 32.1. The maximum Gasteiger partial charge on any atom is 0.137 e. The standard InChI is InChI=1S/C17H33N2S2/c1-7-9-11-12-15(19(14-20)17(3,4)5)16(21)18(6)13-10-8-2/h15H,7-13H2,1-6H3. The highest BCUT2D eigenvalue weighted by Crippen LogP contribution is 2.22. The Morgan fingerprint density at radius 3 is 2.10 bits per heavy atom. The van der Waals surface area contributed by atoms with Crippen molar-refractivity contribution in [2.45, 2.75) is 84.7 Å². The fourth-order valence-electron chi connectivity index (χ4n) is 2.38. The van der Waals surface area contributed by atoms with Gasteiger partial charge in [-0.2, -0.15) is 0 Å². The van der Waals surface area contributed by atoms with Gasteiger partial charge < -0.3 is 9.80 Å². The van der Waals surface area contributed by atoms with Gasteiger partial charge in [-0.1, -0.05) is 64.0 Å². The summed E-state index contributed by atoms with van der Waals surface area (Å²) in [6, 6.07) is 0.186. The lowest BCUT2D eigenvalue weighted by Gasteiger charge is -2.42. The van der Waals surface area contributed by atoms with Gasteiger partial charge in [0.1, 0.15) is 10.5 Å². The molecule has 4 heteroatoms. The Bertz CT molecular complexity index is 310. The van der Waals surface area contributed by atoms with Crippen molar-refractivity contribution < 1.29 is 0 Å². The quantitative estimate of drug-likeness (QED) is 0.318. The zero-order valence-electron chi connectivity index (χ0n) is 14.7. The Morgan fingerprint density at radius 1 is 1.10 bits per heavy atom. The highest BCUT2D eigenvalue weighted by Gasteiger charge is 2.30. The highest BCUT2D eigenvalue weighted by molar-refractivity contribution is 7.80. The van der Waals surface area contributed by atoms with Crippen molar-refractivity contribution >= 4 is 34.9 Å². The second-order valence-electron chi connectivity index (χ2n) is 6.76. The first-order chi connectivity index (χ1) is 9.79. The summed E-state index contributed by atoms with van der Waals surface area (Å²) in [6.45, 7) is 12.0. The molecule has 1 radical (unpaired) electrons. The topological polar surface area (TPSA) is 6.48 Å². The van der Waals surface area contributed by atoms with Crippen molar-refractivity contribution in [3.8, 4) is 0 Å². The van der Waals surface area contributed by atoms with Crippen molar-refractivity contribution in [1.29, 1.82) is 0 Å². The minimum atomic E-state index is -0.0473. The maximum atomic E-state index is 5.77. The average molecular weight is 330 g/mol. The minimum Gasteiger partial charge on any atom is -0.368 e. The summed E-state index contributed by atoms with van der Waals surface area (Å²) in [6.07, 6.45) is 7.08. The van der Waals surface area contributed by atoms with Gasteiger partial charge in [-0.05, 0) is 33.6 Å². The first-order valence-electron chi connectivity index (χ1n) is 8.21. The Balaban J connectivity index is 5.01. The number of rotatable bonds is 10. The number of likely N-dealkylation sites (N-methyl/N-ethyl adjacent to an activating group) is 1. The van der Waals surface area contributed by atoms with Gasteiger partial charge in [-0.25, -0.2) is 0 Å². The molecule has 0 fully saturated rings. The van der Waals surface area contributed by atoms with Crippen molar-refractivity contribution in [2.24, 2.45) is 0 Å². The third kappa shape index (κ3) is 7.55. The predicted molar refractivity (Wildman–Crippen MR) is 102 cm³/mol. The van der Waals surface area contributed by atoms with Crippen molar-refractivity contribution in [3.63, 3.8) is 0 Å². The molecule has 0 aliphatic rings. The molecule has 0 aromatic rings. The van der Waals surface area contributed by atoms with E-state index in [-0.39, 0.29) is 11.6 Å². The summed E-state index contributed by atoms with van der Waals surface area (Å²) in [5.41, 5.74) is 2.92. The van der Waals surface area contributed by atoms with Crippen LogP contribution < -0.4 is 0 Å². The third-order valence-electron chi connectivity index (χ3n) is 3.72. The Hall–Kier alpha value is -0.220. The zero-order chi connectivity index (χ0) is 16.5. The summed E-state index contributed by atoms with van der Waals surface area (Å²) in [7, 11) is 2.11. The van der Waals surface area contributed by atoms with E-state index in [4.69, 9.17) is 24.4 Å². The Morgan fingerprint density at radius 2 is 1.67 bits per heavy atom. The van der Waals surface area contributed by atoms with Crippen LogP contribution in [0.5, 0.6) is 0 Å². The SMILES string of the molecule is CCCCCC(C(=S)N(C)CCCC)N([C]=S)C(C)(C)C. The molecule has 0 rings (SSSR count). The molecule has 0 bridgehead atoms. The number of thiocarbonyl (C=S) groups is 2. The van der Waals surface area contributed by atoms with Crippen LogP contribution in [0.1, 0.15) is 73.1 Å². The van der Waals surface area contributed by atoms with Crippen LogP contribution in [0.25, 0.3) is 0 Å². The van der Waals surface area contributed by atoms with Crippen LogP contribution in [0.4, 0.5) is 0 Å². The van der Waals surface area contributed by atoms with Crippen LogP contribution in [0, 0.1) is 0 Å². The van der Waals surface area contributed by atoms with E-state index in [1.165, 1.54) is 32.1 Å². The first kappa shape index (κ1) is 20.8. The molecule has 0 aromatic heterocycles. The van der Waals surface area contributed by atoms with Crippen molar-refractivity contribution in [3.05, 3.63) is 0 Å². The predicted octanol–water partition coefficient (Wildman–Crippen LogP) is 4.93. The van der Waals surface area contributed by atoms with E-state index in [2.05, 4.69) is 57.0 Å². The molecule has 0 saturated carbocycles. The second-order valence-corrected chi connectivity index (χ2v) is 7.36. The largest absolute Gasteiger partial charge is 0.368 e. The summed E-state index contributed by atoms with van der Waals surface area (Å²) in [5.74, 6) is 0. The van der Waals surface area contributed by atoms with E-state index < -0.39 is 0 Å². The molecule has 0 saturated heterocycles. The normalized spacial score (nSPS) is 12.9. The van der Waals surface area contributed by atoms with Crippen LogP contribution >= 0.6 is 24.4 Å². The van der Waals surface area contributed by atoms with Crippen LogP contribution in [-0.4, -0.2) is 45.5 Å². The zero-order valence-corrected chi connectivity index (χ0v) is 16.4. The number of hydrogen-bond donors (Lipinski definition) is 0. The van der Waals surface area contributed by atoms with Gasteiger partial charge in [0, 0.05) is 19.1 Å². The van der Waals surface area contributed by atoms with Crippen LogP contribution in [0.3, 0.4) is 0 Å². The van der Waals surface area contributed by atoms with Gasteiger partial charge in [0.25, 0.3) is 0 Å². The molecule has 0 amide bonds. The van der Waals surface area contributed by atoms with E-state index >= 15 is 0 Å².